The van der Waals surface area contributed by atoms with Crippen LogP contribution in [0.15, 0.2) is 42.5 Å². The van der Waals surface area contributed by atoms with E-state index >= 15 is 0 Å². The molecule has 3 N–H and O–H groups in total. The van der Waals surface area contributed by atoms with Crippen LogP contribution in [0, 0.1) is 11.7 Å². The van der Waals surface area contributed by atoms with Crippen LogP contribution in [0.25, 0.3) is 0 Å². The van der Waals surface area contributed by atoms with Crippen LogP contribution >= 0.6 is 0 Å². The smallest absolute Gasteiger partial charge is 0.226 e. The van der Waals surface area contributed by atoms with E-state index in [9.17, 15) is 9.18 Å². The highest BCUT2D eigenvalue weighted by atomic mass is 19.1. The summed E-state index contributed by atoms with van der Waals surface area (Å²) in [7, 11) is 3.15. The van der Waals surface area contributed by atoms with Crippen LogP contribution in [0.3, 0.4) is 0 Å². The quantitative estimate of drug-likeness (QED) is 0.735. The van der Waals surface area contributed by atoms with Crippen molar-refractivity contribution >= 4 is 5.91 Å². The molecule has 1 saturated heterocycles. The number of hydrogen-bond acceptors (Lipinski definition) is 5. The molecule has 2 aromatic carbocycles. The summed E-state index contributed by atoms with van der Waals surface area (Å²) in [6, 6.07) is 11.7. The Morgan fingerprint density at radius 1 is 1.19 bits per heavy atom. The molecule has 0 radical (unpaired) electrons. The van der Waals surface area contributed by atoms with Gasteiger partial charge in [-0.05, 0) is 23.8 Å². The first-order valence-electron chi connectivity index (χ1n) is 8.35. The minimum atomic E-state index is -0.333. The van der Waals surface area contributed by atoms with Crippen molar-refractivity contribution in [3.05, 3.63) is 59.4 Å². The second-order valence-electron chi connectivity index (χ2n) is 6.03. The monoisotopic (exact) mass is 359 g/mol. The molecule has 0 aromatic heterocycles. The lowest BCUT2D eigenvalue weighted by Gasteiger charge is -2.20. The fourth-order valence-corrected chi connectivity index (χ4v) is 3.06. The first-order chi connectivity index (χ1) is 12.6. The number of ether oxygens (including phenoxy) is 2. The topological polar surface area (TPSA) is 71.6 Å². The van der Waals surface area contributed by atoms with Gasteiger partial charge < -0.3 is 14.8 Å². The zero-order chi connectivity index (χ0) is 18.5. The first-order valence-corrected chi connectivity index (χ1v) is 8.35. The van der Waals surface area contributed by atoms with Gasteiger partial charge in [-0.3, -0.25) is 10.2 Å². The van der Waals surface area contributed by atoms with E-state index in [2.05, 4.69) is 16.2 Å². The van der Waals surface area contributed by atoms with Crippen molar-refractivity contribution in [1.82, 2.24) is 16.2 Å². The number of amides is 1. The number of rotatable bonds is 6. The third-order valence-electron chi connectivity index (χ3n) is 4.50. The highest BCUT2D eigenvalue weighted by Gasteiger charge is 2.34. The Kier molecular flexibility index (Phi) is 5.70. The van der Waals surface area contributed by atoms with Crippen molar-refractivity contribution in [2.45, 2.75) is 12.6 Å². The van der Waals surface area contributed by atoms with Gasteiger partial charge in [-0.1, -0.05) is 24.3 Å². The Morgan fingerprint density at radius 2 is 1.96 bits per heavy atom. The zero-order valence-corrected chi connectivity index (χ0v) is 14.7. The molecule has 138 valence electrons. The standard InChI is InChI=1S/C19H22FN3O3/c1-25-16-8-7-12(9-17(16)26-2)18-14(11-22-23-18)19(24)21-10-13-5-3-4-6-15(13)20/h3-9,14,18,22-23H,10-11H2,1-2H3,(H,21,24). The normalized spacial score (nSPS) is 19.2. The molecule has 1 heterocycles. The summed E-state index contributed by atoms with van der Waals surface area (Å²) >= 11 is 0. The third kappa shape index (κ3) is 3.79. The third-order valence-corrected chi connectivity index (χ3v) is 4.50. The highest BCUT2D eigenvalue weighted by molar-refractivity contribution is 5.80. The van der Waals surface area contributed by atoms with E-state index < -0.39 is 0 Å². The van der Waals surface area contributed by atoms with Gasteiger partial charge in [-0.2, -0.15) is 0 Å². The van der Waals surface area contributed by atoms with Gasteiger partial charge in [0, 0.05) is 18.7 Å². The average molecular weight is 359 g/mol. The van der Waals surface area contributed by atoms with E-state index in [4.69, 9.17) is 9.47 Å². The molecule has 26 heavy (non-hydrogen) atoms. The summed E-state index contributed by atoms with van der Waals surface area (Å²) in [5.74, 6) is 0.421. The Labute approximate surface area is 151 Å². The lowest BCUT2D eigenvalue weighted by Crippen LogP contribution is -2.34. The van der Waals surface area contributed by atoms with Crippen molar-refractivity contribution in [2.75, 3.05) is 20.8 Å². The van der Waals surface area contributed by atoms with Gasteiger partial charge in [0.15, 0.2) is 11.5 Å². The second kappa shape index (κ2) is 8.16. The molecule has 6 nitrogen and oxygen atoms in total. The van der Waals surface area contributed by atoms with Crippen LogP contribution < -0.4 is 25.6 Å². The lowest BCUT2D eigenvalue weighted by molar-refractivity contribution is -0.125. The number of halogens is 1. The summed E-state index contributed by atoms with van der Waals surface area (Å²) in [5.41, 5.74) is 7.50. The van der Waals surface area contributed by atoms with E-state index in [0.29, 0.717) is 23.6 Å². The molecule has 3 rings (SSSR count). The summed E-state index contributed by atoms with van der Waals surface area (Å²) in [6.07, 6.45) is 0. The van der Waals surface area contributed by atoms with Crippen LogP contribution in [0.5, 0.6) is 11.5 Å². The Balaban J connectivity index is 1.71. The van der Waals surface area contributed by atoms with E-state index in [1.807, 2.05) is 18.2 Å². The van der Waals surface area contributed by atoms with E-state index in [0.717, 1.165) is 5.56 Å². The molecular weight excluding hydrogens is 337 g/mol. The molecule has 2 aromatic rings. The number of hydrogen-bond donors (Lipinski definition) is 3. The van der Waals surface area contributed by atoms with Crippen molar-refractivity contribution in [1.29, 1.82) is 0 Å². The van der Waals surface area contributed by atoms with Crippen LogP contribution in [0.4, 0.5) is 4.39 Å². The van der Waals surface area contributed by atoms with E-state index in [1.54, 1.807) is 32.4 Å². The number of methoxy groups -OCH3 is 2. The van der Waals surface area contributed by atoms with Crippen LogP contribution in [-0.2, 0) is 11.3 Å². The SMILES string of the molecule is COc1ccc(C2NNCC2C(=O)NCc2ccccc2F)cc1OC. The number of hydrazine groups is 1. The molecule has 2 atom stereocenters. The molecular formula is C19H22FN3O3. The average Bonchev–Trinajstić information content (AvgIpc) is 3.16. The minimum absolute atomic E-state index is 0.148. The predicted molar refractivity (Wildman–Crippen MR) is 95.2 cm³/mol. The summed E-state index contributed by atoms with van der Waals surface area (Å²) in [4.78, 5) is 12.6. The highest BCUT2D eigenvalue weighted by Crippen LogP contribution is 2.33. The maximum absolute atomic E-state index is 13.7. The fourth-order valence-electron chi connectivity index (χ4n) is 3.06. The van der Waals surface area contributed by atoms with Crippen LogP contribution in [0.1, 0.15) is 17.2 Å². The molecule has 2 unspecified atom stereocenters. The first kappa shape index (κ1) is 18.2. The molecule has 7 heteroatoms. The maximum atomic E-state index is 13.7. The Hall–Kier alpha value is -2.64. The van der Waals surface area contributed by atoms with Gasteiger partial charge in [0.25, 0.3) is 0 Å². The fraction of sp³-hybridized carbons (Fsp3) is 0.316. The van der Waals surface area contributed by atoms with Crippen molar-refractivity contribution in [2.24, 2.45) is 5.92 Å². The van der Waals surface area contributed by atoms with Gasteiger partial charge in [-0.15, -0.1) is 0 Å². The number of carbonyl (C=O) groups is 1. The van der Waals surface area contributed by atoms with Gasteiger partial charge in [0.1, 0.15) is 5.82 Å². The molecule has 0 saturated carbocycles. The van der Waals surface area contributed by atoms with Gasteiger partial charge in [0.05, 0.1) is 26.2 Å². The number of carbonyl (C=O) groups excluding carboxylic acids is 1. The molecule has 0 spiro atoms. The van der Waals surface area contributed by atoms with E-state index in [1.165, 1.54) is 6.07 Å². The zero-order valence-electron chi connectivity index (χ0n) is 14.7. The van der Waals surface area contributed by atoms with Crippen molar-refractivity contribution < 1.29 is 18.7 Å². The summed E-state index contributed by atoms with van der Waals surface area (Å²) < 4.78 is 24.3. The second-order valence-corrected chi connectivity index (χ2v) is 6.03. The number of nitrogens with one attached hydrogen (secondary N) is 3. The molecule has 0 aliphatic carbocycles. The molecule has 1 fully saturated rings. The van der Waals surface area contributed by atoms with Crippen molar-refractivity contribution in [3.8, 4) is 11.5 Å². The number of benzene rings is 2. The molecule has 1 aliphatic rings. The Bertz CT molecular complexity index is 784. The predicted octanol–water partition coefficient (Wildman–Crippen LogP) is 1.92. The van der Waals surface area contributed by atoms with Gasteiger partial charge in [0.2, 0.25) is 5.91 Å². The minimum Gasteiger partial charge on any atom is -0.493 e. The molecule has 1 aliphatic heterocycles. The van der Waals surface area contributed by atoms with Crippen molar-refractivity contribution in [3.63, 3.8) is 0 Å². The molecule has 1 amide bonds. The summed E-state index contributed by atoms with van der Waals surface area (Å²) in [6.45, 7) is 0.628. The largest absolute Gasteiger partial charge is 0.493 e. The maximum Gasteiger partial charge on any atom is 0.226 e. The summed E-state index contributed by atoms with van der Waals surface area (Å²) in [5, 5.41) is 2.82. The molecule has 0 bridgehead atoms. The van der Waals surface area contributed by atoms with Crippen LogP contribution in [-0.4, -0.2) is 26.7 Å². The van der Waals surface area contributed by atoms with E-state index in [-0.39, 0.29) is 30.2 Å². The van der Waals surface area contributed by atoms with Crippen LogP contribution in [0.2, 0.25) is 0 Å². The Morgan fingerprint density at radius 3 is 2.69 bits per heavy atom. The van der Waals surface area contributed by atoms with Gasteiger partial charge in [-0.25, -0.2) is 9.82 Å². The van der Waals surface area contributed by atoms with Gasteiger partial charge >= 0.3 is 0 Å². The lowest BCUT2D eigenvalue weighted by atomic mass is 9.93.